The van der Waals surface area contributed by atoms with Crippen molar-refractivity contribution in [2.45, 2.75) is 13.5 Å². The molecule has 0 radical (unpaired) electrons. The Bertz CT molecular complexity index is 1390. The Morgan fingerprint density at radius 3 is 2.77 bits per heavy atom. The molecule has 0 aliphatic heterocycles. The third-order valence-corrected chi connectivity index (χ3v) is 5.98. The second-order valence-corrected chi connectivity index (χ2v) is 8.51. The predicted molar refractivity (Wildman–Crippen MR) is 124 cm³/mol. The van der Waals surface area contributed by atoms with Crippen molar-refractivity contribution in [1.29, 1.82) is 0 Å². The van der Waals surface area contributed by atoms with E-state index in [-0.39, 0.29) is 5.91 Å². The number of anilines is 1. The molecule has 2 aromatic carbocycles. The van der Waals surface area contributed by atoms with Crippen molar-refractivity contribution < 1.29 is 4.79 Å². The molecule has 1 amide bonds. The van der Waals surface area contributed by atoms with Crippen LogP contribution >= 0.6 is 22.9 Å². The number of carbonyl (C=O) groups excluding carboxylic acids is 1. The van der Waals surface area contributed by atoms with E-state index >= 15 is 0 Å². The first-order valence-corrected chi connectivity index (χ1v) is 11.0. The van der Waals surface area contributed by atoms with Crippen LogP contribution in [-0.2, 0) is 6.54 Å². The van der Waals surface area contributed by atoms with E-state index in [0.29, 0.717) is 28.2 Å². The smallest absolute Gasteiger partial charge is 0.266 e. The number of aryl methyl sites for hydroxylation is 1. The average Bonchev–Trinajstić information content (AvgIpc) is 3.48. The van der Waals surface area contributed by atoms with Gasteiger partial charge in [-0.1, -0.05) is 41.9 Å². The summed E-state index contributed by atoms with van der Waals surface area (Å²) in [5.74, 6) is 1.02. The summed E-state index contributed by atoms with van der Waals surface area (Å²) in [5, 5.41) is 10.2. The van der Waals surface area contributed by atoms with Gasteiger partial charge in [-0.3, -0.25) is 4.79 Å². The fourth-order valence-electron chi connectivity index (χ4n) is 3.52. The number of hydrogen-bond acceptors (Lipinski definition) is 4. The fourth-order valence-corrected chi connectivity index (χ4v) is 4.36. The summed E-state index contributed by atoms with van der Waals surface area (Å²) in [5.41, 5.74) is 3.65. The first-order chi connectivity index (χ1) is 15.1. The zero-order chi connectivity index (χ0) is 21.4. The molecule has 31 heavy (non-hydrogen) atoms. The van der Waals surface area contributed by atoms with E-state index in [4.69, 9.17) is 16.6 Å². The molecule has 6 nitrogen and oxygen atoms in total. The van der Waals surface area contributed by atoms with Gasteiger partial charge in [0.1, 0.15) is 5.82 Å². The summed E-state index contributed by atoms with van der Waals surface area (Å²) in [6.45, 7) is 2.45. The highest BCUT2D eigenvalue weighted by atomic mass is 35.5. The maximum Gasteiger partial charge on any atom is 0.266 e. The second kappa shape index (κ2) is 8.02. The van der Waals surface area contributed by atoms with Gasteiger partial charge in [0.2, 0.25) is 5.95 Å². The van der Waals surface area contributed by atoms with Crippen LogP contribution in [0.4, 0.5) is 5.82 Å². The number of imidazole rings is 1. The standard InChI is InChI=1S/C23H18ClN5OS/c1-15-12-21(26-22(30)20-10-5-11-31-20)29(27-15)23-25-18-8-2-3-9-19(18)28(23)14-16-6-4-7-17(24)13-16/h2-13H,14H2,1H3,(H,26,30). The summed E-state index contributed by atoms with van der Waals surface area (Å²) in [4.78, 5) is 18.1. The Morgan fingerprint density at radius 2 is 1.97 bits per heavy atom. The number of thiophene rings is 1. The molecule has 8 heteroatoms. The number of hydrogen-bond donors (Lipinski definition) is 1. The molecule has 0 atom stereocenters. The Kier molecular flexibility index (Phi) is 5.05. The van der Waals surface area contributed by atoms with E-state index in [1.165, 1.54) is 11.3 Å². The number of nitrogens with zero attached hydrogens (tertiary/aromatic N) is 4. The van der Waals surface area contributed by atoms with E-state index in [0.717, 1.165) is 22.3 Å². The zero-order valence-corrected chi connectivity index (χ0v) is 18.2. The molecule has 0 saturated carbocycles. The van der Waals surface area contributed by atoms with Crippen LogP contribution in [0.15, 0.2) is 72.1 Å². The molecular weight excluding hydrogens is 430 g/mol. The minimum Gasteiger partial charge on any atom is -0.306 e. The minimum absolute atomic E-state index is 0.173. The molecule has 5 aromatic rings. The van der Waals surface area contributed by atoms with Gasteiger partial charge in [-0.15, -0.1) is 11.3 Å². The molecule has 0 spiro atoms. The SMILES string of the molecule is Cc1cc(NC(=O)c2cccs2)n(-c2nc3ccccc3n2Cc2cccc(Cl)c2)n1. The van der Waals surface area contributed by atoms with Crippen molar-refractivity contribution in [3.63, 3.8) is 0 Å². The monoisotopic (exact) mass is 447 g/mol. The van der Waals surface area contributed by atoms with Crippen LogP contribution < -0.4 is 5.32 Å². The molecule has 0 aliphatic carbocycles. The minimum atomic E-state index is -0.173. The summed E-state index contributed by atoms with van der Waals surface area (Å²) < 4.78 is 3.76. The van der Waals surface area contributed by atoms with Gasteiger partial charge in [0, 0.05) is 11.1 Å². The van der Waals surface area contributed by atoms with Crippen molar-refractivity contribution in [1.82, 2.24) is 19.3 Å². The van der Waals surface area contributed by atoms with Crippen LogP contribution in [0.2, 0.25) is 5.02 Å². The number of benzene rings is 2. The lowest BCUT2D eigenvalue weighted by Crippen LogP contribution is -2.16. The Hall–Kier alpha value is -3.42. The average molecular weight is 448 g/mol. The largest absolute Gasteiger partial charge is 0.306 e. The van der Waals surface area contributed by atoms with Gasteiger partial charge >= 0.3 is 0 Å². The van der Waals surface area contributed by atoms with Crippen molar-refractivity contribution in [2.24, 2.45) is 0 Å². The summed E-state index contributed by atoms with van der Waals surface area (Å²) in [7, 11) is 0. The first kappa shape index (κ1) is 19.5. The van der Waals surface area contributed by atoms with Crippen molar-refractivity contribution in [3.05, 3.63) is 93.3 Å². The number of carbonyl (C=O) groups is 1. The highest BCUT2D eigenvalue weighted by Gasteiger charge is 2.19. The summed E-state index contributed by atoms with van der Waals surface area (Å²) in [6.07, 6.45) is 0. The van der Waals surface area contributed by atoms with E-state index in [1.54, 1.807) is 10.7 Å². The van der Waals surface area contributed by atoms with Gasteiger partial charge < -0.3 is 9.88 Å². The van der Waals surface area contributed by atoms with Crippen molar-refractivity contribution >= 4 is 45.7 Å². The van der Waals surface area contributed by atoms with E-state index < -0.39 is 0 Å². The van der Waals surface area contributed by atoms with Crippen molar-refractivity contribution in [3.8, 4) is 5.95 Å². The number of amides is 1. The number of nitrogens with one attached hydrogen (secondary N) is 1. The highest BCUT2D eigenvalue weighted by Crippen LogP contribution is 2.25. The number of aromatic nitrogens is 4. The summed E-state index contributed by atoms with van der Waals surface area (Å²) >= 11 is 7.60. The lowest BCUT2D eigenvalue weighted by molar-refractivity contribution is 0.103. The maximum absolute atomic E-state index is 12.7. The van der Waals surface area contributed by atoms with Crippen LogP contribution in [0.1, 0.15) is 20.9 Å². The topological polar surface area (TPSA) is 64.7 Å². The van der Waals surface area contributed by atoms with Crippen LogP contribution in [0, 0.1) is 6.92 Å². The van der Waals surface area contributed by atoms with E-state index in [2.05, 4.69) is 15.0 Å². The van der Waals surface area contributed by atoms with Gasteiger partial charge in [-0.2, -0.15) is 9.78 Å². The third kappa shape index (κ3) is 3.85. The van der Waals surface area contributed by atoms with Crippen LogP contribution in [0.3, 0.4) is 0 Å². The zero-order valence-electron chi connectivity index (χ0n) is 16.6. The maximum atomic E-state index is 12.7. The van der Waals surface area contributed by atoms with Crippen LogP contribution in [-0.4, -0.2) is 25.2 Å². The van der Waals surface area contributed by atoms with Gasteiger partial charge in [-0.25, -0.2) is 4.98 Å². The molecule has 3 heterocycles. The van der Waals surface area contributed by atoms with Gasteiger partial charge in [0.15, 0.2) is 0 Å². The molecule has 1 N–H and O–H groups in total. The van der Waals surface area contributed by atoms with E-state index in [9.17, 15) is 4.79 Å². The quantitative estimate of drug-likeness (QED) is 0.384. The molecule has 0 unspecified atom stereocenters. The van der Waals surface area contributed by atoms with Crippen molar-refractivity contribution in [2.75, 3.05) is 5.32 Å². The fraction of sp³-hybridized carbons (Fsp3) is 0.0870. The predicted octanol–water partition coefficient (Wildman–Crippen LogP) is 5.55. The number of halogens is 1. The molecular formula is C23H18ClN5OS. The van der Waals surface area contributed by atoms with Crippen LogP contribution in [0.25, 0.3) is 17.0 Å². The molecule has 0 saturated heterocycles. The molecule has 0 fully saturated rings. The number of para-hydroxylation sites is 2. The number of rotatable bonds is 5. The highest BCUT2D eigenvalue weighted by molar-refractivity contribution is 7.12. The second-order valence-electron chi connectivity index (χ2n) is 7.13. The van der Waals surface area contributed by atoms with Gasteiger partial charge in [0.05, 0.1) is 28.1 Å². The first-order valence-electron chi connectivity index (χ1n) is 9.70. The third-order valence-electron chi connectivity index (χ3n) is 4.87. The Balaban J connectivity index is 1.61. The van der Waals surface area contributed by atoms with Gasteiger partial charge in [-0.05, 0) is 48.2 Å². The van der Waals surface area contributed by atoms with Gasteiger partial charge in [0.25, 0.3) is 5.91 Å². The summed E-state index contributed by atoms with van der Waals surface area (Å²) in [6, 6.07) is 21.2. The Morgan fingerprint density at radius 1 is 1.10 bits per heavy atom. The normalized spacial score (nSPS) is 11.2. The molecule has 5 rings (SSSR count). The van der Waals surface area contributed by atoms with E-state index in [1.807, 2.05) is 73.0 Å². The van der Waals surface area contributed by atoms with Crippen LogP contribution in [0.5, 0.6) is 0 Å². The molecule has 154 valence electrons. The molecule has 0 aliphatic rings. The lowest BCUT2D eigenvalue weighted by atomic mass is 10.2. The molecule has 3 aromatic heterocycles. The Labute approximate surface area is 187 Å². The molecule has 0 bridgehead atoms. The lowest BCUT2D eigenvalue weighted by Gasteiger charge is -2.12. The number of fused-ring (bicyclic) bond motifs is 1.